The Balaban J connectivity index is 1.21. The third-order valence-corrected chi connectivity index (χ3v) is 11.3. The fourth-order valence-corrected chi connectivity index (χ4v) is 8.64. The molecule has 0 amide bonds. The molecule has 7 nitrogen and oxygen atoms in total. The Bertz CT molecular complexity index is 3470. The van der Waals surface area contributed by atoms with E-state index in [0.29, 0.717) is 17.6 Å². The Morgan fingerprint density at radius 3 is 1.51 bits per heavy atom. The number of aromatic nitrogens is 7. The van der Waals surface area contributed by atoms with Crippen molar-refractivity contribution in [2.24, 2.45) is 0 Å². The van der Waals surface area contributed by atoms with E-state index in [1.807, 2.05) is 72.8 Å². The maximum atomic E-state index is 5.26. The zero-order valence-corrected chi connectivity index (χ0v) is 31.7. The Kier molecular flexibility index (Phi) is 7.40. The highest BCUT2D eigenvalue weighted by Gasteiger charge is 2.23. The van der Waals surface area contributed by atoms with Crippen molar-refractivity contribution in [2.75, 3.05) is 0 Å². The van der Waals surface area contributed by atoms with Crippen molar-refractivity contribution in [3.05, 3.63) is 200 Å². The van der Waals surface area contributed by atoms with E-state index in [0.717, 1.165) is 77.8 Å². The van der Waals surface area contributed by atoms with Crippen LogP contribution in [-0.4, -0.2) is 33.6 Å². The fourth-order valence-electron chi connectivity index (χ4n) is 8.64. The van der Waals surface area contributed by atoms with Crippen LogP contribution in [0.15, 0.2) is 200 Å². The van der Waals surface area contributed by atoms with Crippen molar-refractivity contribution < 1.29 is 0 Å². The van der Waals surface area contributed by atoms with Crippen LogP contribution in [-0.2, 0) is 0 Å². The summed E-state index contributed by atoms with van der Waals surface area (Å²) in [5, 5.41) is 4.54. The molecule has 276 valence electrons. The molecule has 59 heavy (non-hydrogen) atoms. The Labute approximate surface area is 338 Å². The molecule has 4 heterocycles. The number of para-hydroxylation sites is 4. The molecular weight excluding hydrogens is 723 g/mol. The van der Waals surface area contributed by atoms with Gasteiger partial charge >= 0.3 is 0 Å². The first-order valence-corrected chi connectivity index (χ1v) is 19.7. The van der Waals surface area contributed by atoms with Gasteiger partial charge in [0.15, 0.2) is 11.6 Å². The quantitative estimate of drug-likeness (QED) is 0.169. The molecule has 0 unspecified atom stereocenters. The second-order valence-electron chi connectivity index (χ2n) is 14.8. The van der Waals surface area contributed by atoms with Crippen molar-refractivity contribution in [3.63, 3.8) is 0 Å². The van der Waals surface area contributed by atoms with E-state index in [4.69, 9.17) is 19.9 Å². The van der Waals surface area contributed by atoms with Crippen molar-refractivity contribution >= 4 is 54.6 Å². The van der Waals surface area contributed by atoms with E-state index >= 15 is 0 Å². The monoisotopic (exact) mass is 755 g/mol. The molecule has 4 aromatic heterocycles. The van der Waals surface area contributed by atoms with E-state index < -0.39 is 0 Å². The summed E-state index contributed by atoms with van der Waals surface area (Å²) in [7, 11) is 0. The first-order valence-electron chi connectivity index (χ1n) is 19.7. The molecule has 12 aromatic rings. The van der Waals surface area contributed by atoms with Crippen LogP contribution in [0, 0.1) is 0 Å². The lowest BCUT2D eigenvalue weighted by Gasteiger charge is -2.12. The molecular formula is C52H33N7. The molecule has 12 rings (SSSR count). The van der Waals surface area contributed by atoms with Gasteiger partial charge in [-0.25, -0.2) is 9.97 Å². The second-order valence-corrected chi connectivity index (χ2v) is 14.8. The van der Waals surface area contributed by atoms with Gasteiger partial charge in [-0.15, -0.1) is 0 Å². The maximum Gasteiger partial charge on any atom is 0.238 e. The molecule has 0 radical (unpaired) electrons. The van der Waals surface area contributed by atoms with E-state index in [9.17, 15) is 0 Å². The predicted molar refractivity (Wildman–Crippen MR) is 239 cm³/mol. The molecule has 0 aliphatic rings. The summed E-state index contributed by atoms with van der Waals surface area (Å²) in [5.41, 5.74) is 11.2. The normalized spacial score (nSPS) is 11.7. The molecule has 0 fully saturated rings. The number of hydrogen-bond acceptors (Lipinski definition) is 4. The summed E-state index contributed by atoms with van der Waals surface area (Å²) in [4.78, 5) is 20.7. The lowest BCUT2D eigenvalue weighted by atomic mass is 10.1. The third kappa shape index (κ3) is 5.29. The summed E-state index contributed by atoms with van der Waals surface area (Å²) in [6.07, 6.45) is 0. The standard InChI is InChI=1S/C52H33N7/c1-5-17-34(18-6-1)49-54-50(35-19-7-2-8-20-35)56-52(55-49)59-45-30-29-38(58-46-28-16-14-26-43(46)53-51(58)36-21-9-3-10-22-36)31-40(45)42-32-41-39-25-13-15-27-44(39)57(47(41)33-48(42)59)37-23-11-4-12-24-37/h1-33H. The number of nitrogens with zero attached hydrogens (tertiary/aromatic N) is 7. The molecule has 0 aliphatic carbocycles. The number of imidazole rings is 1. The number of fused-ring (bicyclic) bond motifs is 7. The van der Waals surface area contributed by atoms with Crippen LogP contribution in [0.3, 0.4) is 0 Å². The molecule has 0 atom stereocenters. The lowest BCUT2D eigenvalue weighted by Crippen LogP contribution is -2.06. The first kappa shape index (κ1) is 33.0. The maximum absolute atomic E-state index is 5.26. The van der Waals surface area contributed by atoms with Crippen LogP contribution in [0.1, 0.15) is 0 Å². The highest BCUT2D eigenvalue weighted by molar-refractivity contribution is 6.19. The highest BCUT2D eigenvalue weighted by atomic mass is 15.2. The minimum absolute atomic E-state index is 0.547. The van der Waals surface area contributed by atoms with E-state index in [1.54, 1.807) is 0 Å². The van der Waals surface area contributed by atoms with E-state index in [-0.39, 0.29) is 0 Å². The van der Waals surface area contributed by atoms with Crippen molar-refractivity contribution in [3.8, 4) is 51.5 Å². The fraction of sp³-hybridized carbons (Fsp3) is 0. The third-order valence-electron chi connectivity index (χ3n) is 11.3. The Hall–Kier alpha value is -8.16. The van der Waals surface area contributed by atoms with Gasteiger partial charge in [-0.3, -0.25) is 9.13 Å². The number of benzene rings is 8. The predicted octanol–water partition coefficient (Wildman–Crippen LogP) is 12.4. The minimum Gasteiger partial charge on any atom is -0.309 e. The molecule has 0 bridgehead atoms. The van der Waals surface area contributed by atoms with Crippen LogP contribution in [0.2, 0.25) is 0 Å². The van der Waals surface area contributed by atoms with Crippen LogP contribution in [0.25, 0.3) is 106 Å². The smallest absolute Gasteiger partial charge is 0.238 e. The SMILES string of the molecule is c1ccc(-c2nc(-c3ccccc3)nc(-n3c4ccc(-n5c(-c6ccccc6)nc6ccccc65)cc4c4cc5c6ccccc6n(-c6ccccc6)c5cc43)n2)cc1. The number of hydrogen-bond donors (Lipinski definition) is 0. The molecule has 0 N–H and O–H groups in total. The van der Waals surface area contributed by atoms with Gasteiger partial charge in [0, 0.05) is 49.6 Å². The summed E-state index contributed by atoms with van der Waals surface area (Å²) in [5.74, 6) is 2.65. The Morgan fingerprint density at radius 1 is 0.288 bits per heavy atom. The first-order chi connectivity index (χ1) is 29.3. The van der Waals surface area contributed by atoms with Gasteiger partial charge < -0.3 is 4.57 Å². The second kappa shape index (κ2) is 13.2. The zero-order chi connectivity index (χ0) is 38.9. The van der Waals surface area contributed by atoms with Crippen LogP contribution in [0.4, 0.5) is 0 Å². The highest BCUT2D eigenvalue weighted by Crippen LogP contribution is 2.41. The van der Waals surface area contributed by atoms with Gasteiger partial charge in [0.05, 0.1) is 33.1 Å². The van der Waals surface area contributed by atoms with E-state index in [1.165, 1.54) is 10.8 Å². The van der Waals surface area contributed by atoms with Crippen LogP contribution >= 0.6 is 0 Å². The summed E-state index contributed by atoms with van der Waals surface area (Å²) < 4.78 is 6.85. The van der Waals surface area contributed by atoms with Crippen LogP contribution in [0.5, 0.6) is 0 Å². The van der Waals surface area contributed by atoms with Gasteiger partial charge in [0.2, 0.25) is 5.95 Å². The van der Waals surface area contributed by atoms with Crippen molar-refractivity contribution in [1.29, 1.82) is 0 Å². The molecule has 7 heteroatoms. The van der Waals surface area contributed by atoms with Gasteiger partial charge in [0.1, 0.15) is 5.82 Å². The molecule has 0 saturated heterocycles. The largest absolute Gasteiger partial charge is 0.309 e. The van der Waals surface area contributed by atoms with E-state index in [2.05, 4.69) is 141 Å². The van der Waals surface area contributed by atoms with Crippen LogP contribution < -0.4 is 0 Å². The summed E-state index contributed by atoms with van der Waals surface area (Å²) in [6.45, 7) is 0. The average molecular weight is 756 g/mol. The molecule has 8 aromatic carbocycles. The lowest BCUT2D eigenvalue weighted by molar-refractivity contribution is 0.953. The zero-order valence-electron chi connectivity index (χ0n) is 31.7. The van der Waals surface area contributed by atoms with Gasteiger partial charge in [0.25, 0.3) is 0 Å². The van der Waals surface area contributed by atoms with Gasteiger partial charge in [-0.2, -0.15) is 9.97 Å². The Morgan fingerprint density at radius 2 is 0.814 bits per heavy atom. The van der Waals surface area contributed by atoms with Crippen molar-refractivity contribution in [1.82, 2.24) is 33.6 Å². The summed E-state index contributed by atoms with van der Waals surface area (Å²) >= 11 is 0. The molecule has 0 spiro atoms. The van der Waals surface area contributed by atoms with Gasteiger partial charge in [-0.05, 0) is 60.7 Å². The topological polar surface area (TPSA) is 66.3 Å². The number of rotatable bonds is 6. The summed E-state index contributed by atoms with van der Waals surface area (Å²) in [6, 6.07) is 69.7. The molecule has 0 aliphatic heterocycles. The molecule has 0 saturated carbocycles. The van der Waals surface area contributed by atoms with Gasteiger partial charge in [-0.1, -0.05) is 140 Å². The average Bonchev–Trinajstić information content (AvgIpc) is 3.96. The minimum atomic E-state index is 0.547. The van der Waals surface area contributed by atoms with Crippen molar-refractivity contribution in [2.45, 2.75) is 0 Å².